The fraction of sp³-hybridized carbons (Fsp3) is 0.440. The minimum Gasteiger partial charge on any atom is -0.481 e. The van der Waals surface area contributed by atoms with Crippen molar-refractivity contribution in [2.75, 3.05) is 6.54 Å². The molecule has 0 saturated carbocycles. The number of ketones is 1. The summed E-state index contributed by atoms with van der Waals surface area (Å²) in [6.45, 7) is 0.283. The number of carbonyl (C=O) groups is 6. The van der Waals surface area contributed by atoms with Crippen LogP contribution < -0.4 is 10.7 Å². The molecule has 0 aliphatic carbocycles. The molecular formula is C25H29N5O7S2. The molecule has 4 rings (SSSR count). The third kappa shape index (κ3) is 6.92. The van der Waals surface area contributed by atoms with E-state index < -0.39 is 40.5 Å². The van der Waals surface area contributed by atoms with Crippen LogP contribution in [0.2, 0.25) is 0 Å². The number of aliphatic carboxylic acids is 1. The molecule has 12 nitrogen and oxygen atoms in total. The number of amides is 4. The number of thioether (sulfide) groups is 1. The number of hydrazine groups is 2. The van der Waals surface area contributed by atoms with Crippen molar-refractivity contribution in [2.45, 2.75) is 61.7 Å². The summed E-state index contributed by atoms with van der Waals surface area (Å²) >= 11 is 5.68. The number of hydrogen-bond donors (Lipinski definition) is 4. The average molecular weight is 576 g/mol. The van der Waals surface area contributed by atoms with Gasteiger partial charge in [-0.05, 0) is 31.4 Å². The molecule has 3 aliphatic rings. The zero-order valence-corrected chi connectivity index (χ0v) is 22.7. The molecule has 2 fully saturated rings. The first-order valence-corrected chi connectivity index (χ1v) is 13.9. The lowest BCUT2D eigenvalue weighted by atomic mass is 10.1. The molecule has 1 aromatic rings. The van der Waals surface area contributed by atoms with Crippen LogP contribution in [0.25, 0.3) is 0 Å². The Morgan fingerprint density at radius 1 is 1.08 bits per heavy atom. The molecule has 3 unspecified atom stereocenters. The van der Waals surface area contributed by atoms with Crippen LogP contribution in [0.15, 0.2) is 41.4 Å². The topological polar surface area (TPSA) is 156 Å². The molecule has 3 atom stereocenters. The van der Waals surface area contributed by atoms with Crippen LogP contribution >= 0.6 is 24.4 Å². The SMILES string of the molecule is O=C(O)CCC(=O)CC1=CN(NC(=O)C2CCCN3C(=O)CCC(NC(=O)c4ccccc4)C(=O)N23)C(S)S1. The summed E-state index contributed by atoms with van der Waals surface area (Å²) in [6.07, 6.45) is 2.19. The number of carboxylic acid groups (broad SMARTS) is 1. The Balaban J connectivity index is 1.45. The molecule has 208 valence electrons. The Morgan fingerprint density at radius 2 is 1.82 bits per heavy atom. The maximum absolute atomic E-state index is 13.6. The van der Waals surface area contributed by atoms with Crippen molar-refractivity contribution < 1.29 is 33.9 Å². The fourth-order valence-electron chi connectivity index (χ4n) is 4.58. The number of rotatable bonds is 9. The largest absolute Gasteiger partial charge is 0.481 e. The van der Waals surface area contributed by atoms with E-state index in [9.17, 15) is 28.8 Å². The highest BCUT2D eigenvalue weighted by atomic mass is 32.2. The molecule has 3 N–H and O–H groups in total. The molecular weight excluding hydrogens is 546 g/mol. The second kappa shape index (κ2) is 12.6. The third-order valence-electron chi connectivity index (χ3n) is 6.51. The van der Waals surface area contributed by atoms with Crippen LogP contribution in [0.3, 0.4) is 0 Å². The number of allylic oxidation sites excluding steroid dienone is 1. The van der Waals surface area contributed by atoms with E-state index in [0.717, 1.165) is 0 Å². The van der Waals surface area contributed by atoms with Gasteiger partial charge in [-0.2, -0.15) is 0 Å². The molecule has 0 spiro atoms. The van der Waals surface area contributed by atoms with E-state index in [1.165, 1.54) is 26.8 Å². The fourth-order valence-corrected chi connectivity index (χ4v) is 6.03. The Kier molecular flexibility index (Phi) is 9.17. The van der Waals surface area contributed by atoms with Gasteiger partial charge in [0, 0.05) is 42.5 Å². The van der Waals surface area contributed by atoms with Crippen molar-refractivity contribution in [1.29, 1.82) is 0 Å². The van der Waals surface area contributed by atoms with Gasteiger partial charge in [0.05, 0.1) is 6.42 Å². The van der Waals surface area contributed by atoms with Crippen LogP contribution in [0.5, 0.6) is 0 Å². The maximum Gasteiger partial charge on any atom is 0.303 e. The Labute approximate surface area is 234 Å². The number of fused-ring (bicyclic) bond motifs is 1. The van der Waals surface area contributed by atoms with Gasteiger partial charge in [-0.3, -0.25) is 44.2 Å². The number of benzene rings is 1. The predicted octanol–water partition coefficient (Wildman–Crippen LogP) is 1.27. The molecule has 0 bridgehead atoms. The van der Waals surface area contributed by atoms with Crippen molar-refractivity contribution in [2.24, 2.45) is 0 Å². The minimum absolute atomic E-state index is 0.0144. The first-order chi connectivity index (χ1) is 18.6. The van der Waals surface area contributed by atoms with Crippen LogP contribution in [-0.4, -0.2) is 78.8 Å². The molecule has 39 heavy (non-hydrogen) atoms. The quantitative estimate of drug-likeness (QED) is 0.319. The Morgan fingerprint density at radius 3 is 2.54 bits per heavy atom. The third-order valence-corrected chi connectivity index (χ3v) is 8.07. The predicted molar refractivity (Wildman–Crippen MR) is 143 cm³/mol. The van der Waals surface area contributed by atoms with Gasteiger partial charge in [-0.1, -0.05) is 30.0 Å². The van der Waals surface area contributed by atoms with Crippen molar-refractivity contribution in [3.8, 4) is 0 Å². The molecule has 0 aromatic heterocycles. The summed E-state index contributed by atoms with van der Waals surface area (Å²) in [6, 6.07) is 6.44. The molecule has 1 aromatic carbocycles. The molecule has 0 radical (unpaired) electrons. The van der Waals surface area contributed by atoms with E-state index in [0.29, 0.717) is 23.3 Å². The highest BCUT2D eigenvalue weighted by Crippen LogP contribution is 2.36. The van der Waals surface area contributed by atoms with Gasteiger partial charge < -0.3 is 10.4 Å². The lowest BCUT2D eigenvalue weighted by molar-refractivity contribution is -0.176. The maximum atomic E-state index is 13.6. The Bertz CT molecular complexity index is 1190. The van der Waals surface area contributed by atoms with Crippen LogP contribution in [0.4, 0.5) is 0 Å². The van der Waals surface area contributed by atoms with Gasteiger partial charge in [-0.25, -0.2) is 5.01 Å². The zero-order chi connectivity index (χ0) is 28.1. The summed E-state index contributed by atoms with van der Waals surface area (Å²) in [5.41, 5.74) is 3.09. The van der Waals surface area contributed by atoms with E-state index in [4.69, 9.17) is 5.11 Å². The first kappa shape index (κ1) is 28.5. The standard InChI is InChI=1S/C25H29N5O7S2/c31-16(8-11-21(33)34)13-17-14-28(25(38)39-17)27-23(36)19-7-4-12-29-20(32)10-9-18(24(37)30(19)29)26-22(35)15-5-2-1-3-6-15/h1-3,5-6,14,18-19,25,38H,4,7-13H2,(H,26,35)(H,27,36)(H,33,34). The lowest BCUT2D eigenvalue weighted by Gasteiger charge is -2.43. The number of nitrogens with zero attached hydrogens (tertiary/aromatic N) is 3. The summed E-state index contributed by atoms with van der Waals surface area (Å²) in [4.78, 5) is 76.0. The highest BCUT2D eigenvalue weighted by molar-refractivity contribution is 8.13. The number of carbonyl (C=O) groups excluding carboxylic acids is 5. The van der Waals surface area contributed by atoms with E-state index in [1.54, 1.807) is 36.5 Å². The monoisotopic (exact) mass is 575 g/mol. The van der Waals surface area contributed by atoms with E-state index in [1.807, 2.05) is 0 Å². The van der Waals surface area contributed by atoms with Gasteiger partial charge in [-0.15, -0.1) is 12.6 Å². The van der Waals surface area contributed by atoms with Gasteiger partial charge >= 0.3 is 5.97 Å². The van der Waals surface area contributed by atoms with Crippen molar-refractivity contribution in [1.82, 2.24) is 25.8 Å². The Hall–Kier alpha value is -3.52. The van der Waals surface area contributed by atoms with Gasteiger partial charge in [0.2, 0.25) is 5.91 Å². The number of nitrogens with one attached hydrogen (secondary N) is 2. The normalized spacial score (nSPS) is 23.1. The van der Waals surface area contributed by atoms with Crippen molar-refractivity contribution in [3.63, 3.8) is 0 Å². The summed E-state index contributed by atoms with van der Waals surface area (Å²) in [7, 11) is 0. The lowest BCUT2D eigenvalue weighted by Crippen LogP contribution is -2.64. The van der Waals surface area contributed by atoms with E-state index in [2.05, 4.69) is 23.4 Å². The highest BCUT2D eigenvalue weighted by Gasteiger charge is 2.45. The zero-order valence-electron chi connectivity index (χ0n) is 20.9. The summed E-state index contributed by atoms with van der Waals surface area (Å²) in [5.74, 6) is -3.13. The van der Waals surface area contributed by atoms with E-state index in [-0.39, 0.29) is 50.3 Å². The van der Waals surface area contributed by atoms with E-state index >= 15 is 0 Å². The second-order valence-electron chi connectivity index (χ2n) is 9.32. The molecule has 2 saturated heterocycles. The van der Waals surface area contributed by atoms with Gasteiger partial charge in [0.1, 0.15) is 22.6 Å². The average Bonchev–Trinajstić information content (AvgIpc) is 3.20. The number of hydrogen-bond acceptors (Lipinski definition) is 9. The first-order valence-electron chi connectivity index (χ1n) is 12.5. The number of carboxylic acids is 1. The molecule has 3 aliphatic heterocycles. The smallest absolute Gasteiger partial charge is 0.303 e. The molecule has 3 heterocycles. The second-order valence-corrected chi connectivity index (χ2v) is 11.4. The van der Waals surface area contributed by atoms with Crippen LogP contribution in [0, 0.1) is 0 Å². The molecule has 4 amide bonds. The van der Waals surface area contributed by atoms with Crippen molar-refractivity contribution in [3.05, 3.63) is 47.0 Å². The van der Waals surface area contributed by atoms with Crippen LogP contribution in [0.1, 0.15) is 55.3 Å². The van der Waals surface area contributed by atoms with Gasteiger partial charge in [0.15, 0.2) is 0 Å². The van der Waals surface area contributed by atoms with Gasteiger partial charge in [0.25, 0.3) is 17.7 Å². The molecule has 14 heteroatoms. The number of thiol groups is 1. The summed E-state index contributed by atoms with van der Waals surface area (Å²) in [5, 5.41) is 15.4. The van der Waals surface area contributed by atoms with Crippen molar-refractivity contribution >= 4 is 59.8 Å². The van der Waals surface area contributed by atoms with Crippen LogP contribution in [-0.2, 0) is 24.0 Å². The minimum atomic E-state index is -1.05. The summed E-state index contributed by atoms with van der Waals surface area (Å²) < 4.78 is -0.546. The number of Topliss-reactive ketones (excluding diaryl/α,β-unsaturated/α-hetero) is 1.